The zero-order valence-corrected chi connectivity index (χ0v) is 20.0. The van der Waals surface area contributed by atoms with Gasteiger partial charge in [0.25, 0.3) is 0 Å². The molecule has 2 aromatic carbocycles. The van der Waals surface area contributed by atoms with E-state index in [9.17, 15) is 14.0 Å². The van der Waals surface area contributed by atoms with E-state index in [-0.39, 0.29) is 31.3 Å². The van der Waals surface area contributed by atoms with Crippen molar-refractivity contribution in [2.75, 3.05) is 6.54 Å². The first-order chi connectivity index (χ1) is 16.3. The number of hydrogen-bond acceptors (Lipinski definition) is 3. The Morgan fingerprint density at radius 3 is 2.35 bits per heavy atom. The van der Waals surface area contributed by atoms with Crippen molar-refractivity contribution in [3.8, 4) is 0 Å². The van der Waals surface area contributed by atoms with Crippen LogP contribution in [0.1, 0.15) is 48.9 Å². The van der Waals surface area contributed by atoms with E-state index in [1.54, 1.807) is 0 Å². The van der Waals surface area contributed by atoms with Crippen LogP contribution in [-0.2, 0) is 16.1 Å². The molecule has 1 N–H and O–H groups in total. The van der Waals surface area contributed by atoms with Crippen LogP contribution >= 0.6 is 11.6 Å². The number of nitrogens with one attached hydrogen (secondary N) is 1. The fourth-order valence-electron chi connectivity index (χ4n) is 4.28. The largest absolute Gasteiger partial charge is 0.343 e. The highest BCUT2D eigenvalue weighted by molar-refractivity contribution is 6.30. The summed E-state index contributed by atoms with van der Waals surface area (Å²) in [5.74, 6) is -0.366. The Hall–Kier alpha value is -3.19. The highest BCUT2D eigenvalue weighted by atomic mass is 35.5. The van der Waals surface area contributed by atoms with Gasteiger partial charge in [-0.15, -0.1) is 0 Å². The molecule has 178 valence electrons. The molecule has 1 fully saturated rings. The third-order valence-corrected chi connectivity index (χ3v) is 6.32. The Morgan fingerprint density at radius 1 is 1.09 bits per heavy atom. The normalized spacial score (nSPS) is 18.8. The number of carbonyl (C=O) groups excluding carboxylic acids is 2. The van der Waals surface area contributed by atoms with Crippen molar-refractivity contribution >= 4 is 23.4 Å². The Labute approximate surface area is 203 Å². The lowest BCUT2D eigenvalue weighted by Crippen LogP contribution is -2.48. The molecule has 0 aliphatic carbocycles. The van der Waals surface area contributed by atoms with Crippen LogP contribution in [0.5, 0.6) is 0 Å². The van der Waals surface area contributed by atoms with E-state index in [2.05, 4.69) is 36.4 Å². The monoisotopic (exact) mass is 482 g/mol. The van der Waals surface area contributed by atoms with Crippen LogP contribution in [0.2, 0.25) is 5.02 Å². The molecule has 6 nitrogen and oxygen atoms in total. The number of aromatic nitrogens is 2. The third kappa shape index (κ3) is 5.47. The summed E-state index contributed by atoms with van der Waals surface area (Å²) in [4.78, 5) is 27.6. The standard InChI is InChI=1S/C26H28ClFN4O2/c1-17(2)18-8-10-20(11-9-18)25(19-6-4-3-5-7-19)30-26(34)23-12-22(28)15-32(23)24(33)16-31-14-21(27)13-29-31/h3-11,13-14,17,22-23,25H,12,15-16H2,1-2H3,(H,30,34). The molecular weight excluding hydrogens is 455 g/mol. The smallest absolute Gasteiger partial charge is 0.245 e. The average molecular weight is 483 g/mol. The predicted molar refractivity (Wildman–Crippen MR) is 129 cm³/mol. The number of likely N-dealkylation sites (tertiary alicyclic amines) is 1. The molecule has 1 aliphatic rings. The SMILES string of the molecule is CC(C)c1ccc(C(NC(=O)C2CC(F)CN2C(=O)Cn2cc(Cl)cn2)c2ccccc2)cc1. The predicted octanol–water partition coefficient (Wildman–Crippen LogP) is 4.50. The van der Waals surface area contributed by atoms with Crippen LogP contribution in [0.3, 0.4) is 0 Å². The van der Waals surface area contributed by atoms with Gasteiger partial charge in [0, 0.05) is 12.6 Å². The van der Waals surface area contributed by atoms with Crippen molar-refractivity contribution in [3.63, 3.8) is 0 Å². The number of alkyl halides is 1. The minimum Gasteiger partial charge on any atom is -0.343 e. The van der Waals surface area contributed by atoms with Gasteiger partial charge in [-0.2, -0.15) is 5.10 Å². The maximum absolute atomic E-state index is 14.4. The molecule has 0 spiro atoms. The number of halogens is 2. The average Bonchev–Trinajstić information content (AvgIpc) is 3.43. The Morgan fingerprint density at radius 2 is 1.74 bits per heavy atom. The molecule has 1 aromatic heterocycles. The van der Waals surface area contributed by atoms with Crippen molar-refractivity contribution in [1.29, 1.82) is 0 Å². The van der Waals surface area contributed by atoms with Crippen LogP contribution in [0.25, 0.3) is 0 Å². The topological polar surface area (TPSA) is 67.2 Å². The second-order valence-electron chi connectivity index (χ2n) is 8.92. The summed E-state index contributed by atoms with van der Waals surface area (Å²) in [6.07, 6.45) is 1.65. The van der Waals surface area contributed by atoms with Crippen molar-refractivity contribution in [3.05, 3.63) is 88.7 Å². The van der Waals surface area contributed by atoms with Gasteiger partial charge in [-0.25, -0.2) is 4.39 Å². The molecule has 3 atom stereocenters. The van der Waals surface area contributed by atoms with Crippen LogP contribution in [0.4, 0.5) is 4.39 Å². The van der Waals surface area contributed by atoms with Gasteiger partial charge in [0.15, 0.2) is 0 Å². The molecule has 2 amide bonds. The Balaban J connectivity index is 1.55. The summed E-state index contributed by atoms with van der Waals surface area (Å²) in [5.41, 5.74) is 3.03. The van der Waals surface area contributed by atoms with E-state index < -0.39 is 18.3 Å². The first kappa shape index (κ1) is 24.0. The van der Waals surface area contributed by atoms with E-state index in [1.165, 1.54) is 27.5 Å². The van der Waals surface area contributed by atoms with Gasteiger partial charge < -0.3 is 10.2 Å². The zero-order chi connectivity index (χ0) is 24.2. The fraction of sp³-hybridized carbons (Fsp3) is 0.346. The van der Waals surface area contributed by atoms with E-state index in [0.29, 0.717) is 10.9 Å². The molecule has 0 saturated carbocycles. The van der Waals surface area contributed by atoms with E-state index >= 15 is 0 Å². The van der Waals surface area contributed by atoms with E-state index in [4.69, 9.17) is 11.6 Å². The lowest BCUT2D eigenvalue weighted by Gasteiger charge is -2.27. The summed E-state index contributed by atoms with van der Waals surface area (Å²) in [7, 11) is 0. The lowest BCUT2D eigenvalue weighted by molar-refractivity contribution is -0.139. The molecule has 4 rings (SSSR count). The van der Waals surface area contributed by atoms with Gasteiger partial charge in [0.1, 0.15) is 18.8 Å². The van der Waals surface area contributed by atoms with Crippen molar-refractivity contribution in [2.24, 2.45) is 0 Å². The van der Waals surface area contributed by atoms with Crippen LogP contribution in [0, 0.1) is 0 Å². The lowest BCUT2D eigenvalue weighted by atomic mass is 9.95. The zero-order valence-electron chi connectivity index (χ0n) is 19.2. The van der Waals surface area contributed by atoms with Crippen LogP contribution in [0.15, 0.2) is 67.0 Å². The molecule has 2 heterocycles. The van der Waals surface area contributed by atoms with Crippen LogP contribution < -0.4 is 5.32 Å². The van der Waals surface area contributed by atoms with Gasteiger partial charge in [-0.05, 0) is 22.6 Å². The summed E-state index contributed by atoms with van der Waals surface area (Å²) >= 11 is 5.87. The fourth-order valence-corrected chi connectivity index (χ4v) is 4.44. The number of benzene rings is 2. The number of rotatable bonds is 7. The van der Waals surface area contributed by atoms with Crippen molar-refractivity contribution < 1.29 is 14.0 Å². The molecule has 3 unspecified atom stereocenters. The van der Waals surface area contributed by atoms with Gasteiger partial charge in [0.05, 0.1) is 23.8 Å². The van der Waals surface area contributed by atoms with Crippen LogP contribution in [-0.4, -0.2) is 45.3 Å². The summed E-state index contributed by atoms with van der Waals surface area (Å²) < 4.78 is 15.8. The molecule has 1 aliphatic heterocycles. The molecule has 0 bridgehead atoms. The quantitative estimate of drug-likeness (QED) is 0.539. The van der Waals surface area contributed by atoms with Gasteiger partial charge >= 0.3 is 0 Å². The highest BCUT2D eigenvalue weighted by Crippen LogP contribution is 2.27. The minimum atomic E-state index is -1.26. The number of hydrogen-bond donors (Lipinski definition) is 1. The summed E-state index contributed by atoms with van der Waals surface area (Å²) in [5, 5.41) is 7.48. The Bertz CT molecular complexity index is 1130. The maximum atomic E-state index is 14.4. The molecule has 8 heteroatoms. The first-order valence-electron chi connectivity index (χ1n) is 11.4. The summed E-state index contributed by atoms with van der Waals surface area (Å²) in [6.45, 7) is 4.02. The summed E-state index contributed by atoms with van der Waals surface area (Å²) in [6, 6.07) is 16.4. The maximum Gasteiger partial charge on any atom is 0.245 e. The highest BCUT2D eigenvalue weighted by Gasteiger charge is 2.40. The molecule has 34 heavy (non-hydrogen) atoms. The molecule has 1 saturated heterocycles. The molecular formula is C26H28ClFN4O2. The minimum absolute atomic E-state index is 0.0365. The number of nitrogens with zero attached hydrogens (tertiary/aromatic N) is 3. The molecule has 0 radical (unpaired) electrons. The second-order valence-corrected chi connectivity index (χ2v) is 9.36. The van der Waals surface area contributed by atoms with Crippen molar-refractivity contribution in [2.45, 2.75) is 51.0 Å². The van der Waals surface area contributed by atoms with Crippen molar-refractivity contribution in [1.82, 2.24) is 20.0 Å². The van der Waals surface area contributed by atoms with Gasteiger partial charge in [0.2, 0.25) is 11.8 Å². The third-order valence-electron chi connectivity index (χ3n) is 6.13. The van der Waals surface area contributed by atoms with Gasteiger partial charge in [-0.1, -0.05) is 80.0 Å². The van der Waals surface area contributed by atoms with Gasteiger partial charge in [-0.3, -0.25) is 14.3 Å². The number of amides is 2. The Kier molecular flexibility index (Phi) is 7.32. The first-order valence-corrected chi connectivity index (χ1v) is 11.8. The number of carbonyl (C=O) groups is 2. The van der Waals surface area contributed by atoms with E-state index in [0.717, 1.165) is 11.1 Å². The van der Waals surface area contributed by atoms with E-state index in [1.807, 2.05) is 42.5 Å². The second kappa shape index (κ2) is 10.4. The molecule has 3 aromatic rings.